The van der Waals surface area contributed by atoms with Crippen LogP contribution in [0.1, 0.15) is 48.3 Å². The van der Waals surface area contributed by atoms with Crippen LogP contribution >= 0.6 is 0 Å². The number of anilines is 2. The maximum Gasteiger partial charge on any atom is 0.272 e. The Hall–Kier alpha value is -2.43. The summed E-state index contributed by atoms with van der Waals surface area (Å²) in [6.45, 7) is 9.73. The largest absolute Gasteiger partial charge is 0.337 e. The molecule has 0 aliphatic heterocycles. The molecule has 1 aromatic heterocycles. The Morgan fingerprint density at radius 3 is 2.29 bits per heavy atom. The molecule has 0 saturated carbocycles. The van der Waals surface area contributed by atoms with E-state index in [0.29, 0.717) is 11.6 Å². The van der Waals surface area contributed by atoms with Crippen molar-refractivity contribution >= 4 is 17.5 Å². The number of hydrogen-bond donors (Lipinski definition) is 1. The van der Waals surface area contributed by atoms with Crippen LogP contribution in [0.3, 0.4) is 0 Å². The highest BCUT2D eigenvalue weighted by Gasteiger charge is 2.16. The van der Waals surface area contributed by atoms with Crippen molar-refractivity contribution in [1.29, 1.82) is 0 Å². The van der Waals surface area contributed by atoms with Crippen LogP contribution in [0.4, 0.5) is 11.6 Å². The first-order valence-corrected chi connectivity index (χ1v) is 8.51. The summed E-state index contributed by atoms with van der Waals surface area (Å²) in [5, 5.41) is 3.19. The Balaban J connectivity index is 2.20. The number of carbonyl (C=O) groups is 1. The second-order valence-electron chi connectivity index (χ2n) is 6.06. The van der Waals surface area contributed by atoms with Crippen LogP contribution in [0, 0.1) is 13.8 Å². The van der Waals surface area contributed by atoms with E-state index in [0.717, 1.165) is 31.6 Å². The first kappa shape index (κ1) is 17.9. The minimum Gasteiger partial charge on any atom is -0.337 e. The molecule has 5 heteroatoms. The van der Waals surface area contributed by atoms with E-state index in [1.807, 2.05) is 30.9 Å². The minimum absolute atomic E-state index is 0.0374. The third-order valence-electron chi connectivity index (χ3n) is 3.63. The molecule has 0 atom stereocenters. The summed E-state index contributed by atoms with van der Waals surface area (Å²) in [5.74, 6) is 0.406. The number of aryl methyl sites for hydroxylation is 2. The number of benzene rings is 1. The molecule has 128 valence electrons. The van der Waals surface area contributed by atoms with Gasteiger partial charge in [-0.2, -0.15) is 0 Å². The van der Waals surface area contributed by atoms with E-state index in [2.05, 4.69) is 35.2 Å². The average Bonchev–Trinajstić information content (AvgIpc) is 2.53. The molecule has 0 fully saturated rings. The summed E-state index contributed by atoms with van der Waals surface area (Å²) in [6.07, 6.45) is 3.50. The SMILES string of the molecule is CCCN(CCC)C(=O)c1ccnc(Nc2cc(C)cc(C)c2)n1. The average molecular weight is 326 g/mol. The van der Waals surface area contributed by atoms with Crippen molar-refractivity contribution < 1.29 is 4.79 Å². The normalized spacial score (nSPS) is 10.5. The standard InChI is InChI=1S/C19H26N4O/c1-5-9-23(10-6-2)18(24)17-7-8-20-19(22-17)21-16-12-14(3)11-15(4)13-16/h7-8,11-13H,5-6,9-10H2,1-4H3,(H,20,21,22). The number of rotatable bonds is 7. The van der Waals surface area contributed by atoms with Crippen molar-refractivity contribution in [2.24, 2.45) is 0 Å². The molecule has 1 N–H and O–H groups in total. The van der Waals surface area contributed by atoms with Crippen molar-refractivity contribution in [3.8, 4) is 0 Å². The summed E-state index contributed by atoms with van der Waals surface area (Å²) in [7, 11) is 0. The van der Waals surface area contributed by atoms with E-state index in [1.54, 1.807) is 12.3 Å². The van der Waals surface area contributed by atoms with Gasteiger partial charge >= 0.3 is 0 Å². The molecule has 0 spiro atoms. The quantitative estimate of drug-likeness (QED) is 0.832. The van der Waals surface area contributed by atoms with E-state index in [4.69, 9.17) is 0 Å². The maximum absolute atomic E-state index is 12.6. The highest BCUT2D eigenvalue weighted by atomic mass is 16.2. The number of nitrogens with zero attached hydrogens (tertiary/aromatic N) is 3. The molecule has 1 amide bonds. The fourth-order valence-corrected chi connectivity index (χ4v) is 2.73. The van der Waals surface area contributed by atoms with Crippen LogP contribution in [-0.4, -0.2) is 33.9 Å². The molecule has 1 aromatic carbocycles. The van der Waals surface area contributed by atoms with Crippen molar-refractivity contribution in [2.75, 3.05) is 18.4 Å². The number of nitrogens with one attached hydrogen (secondary N) is 1. The predicted molar refractivity (Wildman–Crippen MR) is 97.7 cm³/mol. The molecule has 0 aliphatic rings. The van der Waals surface area contributed by atoms with Gasteiger partial charge in [0.15, 0.2) is 0 Å². The zero-order valence-corrected chi connectivity index (χ0v) is 15.0. The van der Waals surface area contributed by atoms with E-state index >= 15 is 0 Å². The van der Waals surface area contributed by atoms with Gasteiger partial charge in [0.2, 0.25) is 5.95 Å². The van der Waals surface area contributed by atoms with Crippen LogP contribution in [0.25, 0.3) is 0 Å². The lowest BCUT2D eigenvalue weighted by atomic mass is 10.1. The van der Waals surface area contributed by atoms with Gasteiger partial charge in [-0.15, -0.1) is 0 Å². The summed E-state index contributed by atoms with van der Waals surface area (Å²) in [5.41, 5.74) is 3.69. The lowest BCUT2D eigenvalue weighted by Gasteiger charge is -2.21. The fourth-order valence-electron chi connectivity index (χ4n) is 2.73. The molecular weight excluding hydrogens is 300 g/mol. The van der Waals surface area contributed by atoms with Crippen LogP contribution in [0.15, 0.2) is 30.5 Å². The van der Waals surface area contributed by atoms with Gasteiger partial charge < -0.3 is 10.2 Å². The first-order valence-electron chi connectivity index (χ1n) is 8.51. The molecule has 24 heavy (non-hydrogen) atoms. The number of carbonyl (C=O) groups excluding carboxylic acids is 1. The number of amides is 1. The third kappa shape index (κ3) is 4.78. The van der Waals surface area contributed by atoms with Gasteiger partial charge in [0.05, 0.1) is 0 Å². The van der Waals surface area contributed by atoms with Gasteiger partial charge in [0, 0.05) is 25.0 Å². The van der Waals surface area contributed by atoms with E-state index in [-0.39, 0.29) is 5.91 Å². The molecule has 0 bridgehead atoms. The second-order valence-corrected chi connectivity index (χ2v) is 6.06. The van der Waals surface area contributed by atoms with Crippen LogP contribution in [-0.2, 0) is 0 Å². The summed E-state index contributed by atoms with van der Waals surface area (Å²) in [6, 6.07) is 7.85. The molecule has 2 aromatic rings. The van der Waals surface area contributed by atoms with E-state index < -0.39 is 0 Å². The van der Waals surface area contributed by atoms with Crippen molar-refractivity contribution in [2.45, 2.75) is 40.5 Å². The van der Waals surface area contributed by atoms with Gasteiger partial charge in [-0.05, 0) is 56.0 Å². The van der Waals surface area contributed by atoms with Gasteiger partial charge in [-0.25, -0.2) is 9.97 Å². The molecule has 0 unspecified atom stereocenters. The van der Waals surface area contributed by atoms with Crippen molar-refractivity contribution in [3.63, 3.8) is 0 Å². The Bertz CT molecular complexity index is 673. The smallest absolute Gasteiger partial charge is 0.272 e. The van der Waals surface area contributed by atoms with Gasteiger partial charge in [0.25, 0.3) is 5.91 Å². The minimum atomic E-state index is -0.0374. The Labute approximate surface area is 144 Å². The molecular formula is C19H26N4O. The molecule has 2 rings (SSSR count). The van der Waals surface area contributed by atoms with Crippen LogP contribution in [0.2, 0.25) is 0 Å². The van der Waals surface area contributed by atoms with Gasteiger partial charge in [-0.1, -0.05) is 19.9 Å². The predicted octanol–water partition coefficient (Wildman–Crippen LogP) is 4.10. The Morgan fingerprint density at radius 1 is 1.08 bits per heavy atom. The number of aromatic nitrogens is 2. The maximum atomic E-state index is 12.6. The van der Waals surface area contributed by atoms with Crippen molar-refractivity contribution in [3.05, 3.63) is 47.3 Å². The molecule has 0 radical (unpaired) electrons. The van der Waals surface area contributed by atoms with Crippen LogP contribution < -0.4 is 5.32 Å². The highest BCUT2D eigenvalue weighted by Crippen LogP contribution is 2.17. The van der Waals surface area contributed by atoms with Gasteiger partial charge in [-0.3, -0.25) is 4.79 Å². The summed E-state index contributed by atoms with van der Waals surface area (Å²) >= 11 is 0. The first-order chi connectivity index (χ1) is 11.5. The Kier molecular flexibility index (Phi) is 6.29. The number of hydrogen-bond acceptors (Lipinski definition) is 4. The molecule has 0 saturated heterocycles. The lowest BCUT2D eigenvalue weighted by molar-refractivity contribution is 0.0749. The zero-order valence-electron chi connectivity index (χ0n) is 15.0. The monoisotopic (exact) mass is 326 g/mol. The fraction of sp³-hybridized carbons (Fsp3) is 0.421. The topological polar surface area (TPSA) is 58.1 Å². The van der Waals surface area contributed by atoms with Crippen LogP contribution in [0.5, 0.6) is 0 Å². The second kappa shape index (κ2) is 8.43. The summed E-state index contributed by atoms with van der Waals surface area (Å²) < 4.78 is 0. The molecule has 0 aliphatic carbocycles. The summed E-state index contributed by atoms with van der Waals surface area (Å²) in [4.78, 5) is 23.1. The zero-order chi connectivity index (χ0) is 17.5. The van der Waals surface area contributed by atoms with Gasteiger partial charge in [0.1, 0.15) is 5.69 Å². The third-order valence-corrected chi connectivity index (χ3v) is 3.63. The highest BCUT2D eigenvalue weighted by molar-refractivity contribution is 5.92. The lowest BCUT2D eigenvalue weighted by Crippen LogP contribution is -2.33. The van der Waals surface area contributed by atoms with E-state index in [1.165, 1.54) is 11.1 Å². The molecule has 1 heterocycles. The Morgan fingerprint density at radius 2 is 1.71 bits per heavy atom. The molecule has 5 nitrogen and oxygen atoms in total. The van der Waals surface area contributed by atoms with Crippen molar-refractivity contribution in [1.82, 2.24) is 14.9 Å². The van der Waals surface area contributed by atoms with E-state index in [9.17, 15) is 4.79 Å².